The van der Waals surface area contributed by atoms with E-state index in [2.05, 4.69) is 29.3 Å². The zero-order valence-electron chi connectivity index (χ0n) is 9.86. The molecule has 0 radical (unpaired) electrons. The van der Waals surface area contributed by atoms with Crippen LogP contribution in [0.2, 0.25) is 0 Å². The highest BCUT2D eigenvalue weighted by molar-refractivity contribution is 7.99. The van der Waals surface area contributed by atoms with Gasteiger partial charge in [0.2, 0.25) is 0 Å². The third kappa shape index (κ3) is 5.84. The number of rotatable bonds is 6. The Morgan fingerprint density at radius 1 is 1.56 bits per heavy atom. The molecule has 0 unspecified atom stereocenters. The summed E-state index contributed by atoms with van der Waals surface area (Å²) in [6, 6.07) is 0. The highest BCUT2D eigenvalue weighted by Crippen LogP contribution is 2.21. The summed E-state index contributed by atoms with van der Waals surface area (Å²) in [6.45, 7) is 6.33. The van der Waals surface area contributed by atoms with Crippen LogP contribution in [0.4, 0.5) is 5.13 Å². The molecule has 3 nitrogen and oxygen atoms in total. The molecule has 1 rings (SSSR count). The van der Waals surface area contributed by atoms with Gasteiger partial charge in [-0.15, -0.1) is 11.8 Å². The number of hydrogen-bond donors (Lipinski definition) is 1. The smallest absolute Gasteiger partial charge is 0.310 e. The van der Waals surface area contributed by atoms with Crippen molar-refractivity contribution in [3.63, 3.8) is 0 Å². The first-order valence-electron chi connectivity index (χ1n) is 5.21. The molecule has 0 atom stereocenters. The Morgan fingerprint density at radius 3 is 2.94 bits per heavy atom. The van der Waals surface area contributed by atoms with Crippen LogP contribution < -0.4 is 17.8 Å². The molecule has 0 aromatic carbocycles. The second kappa shape index (κ2) is 8.98. The molecule has 0 saturated carbocycles. The molecule has 0 fully saturated rings. The molecule has 0 amide bonds. The predicted octanol–water partition coefficient (Wildman–Crippen LogP) is -0.370. The number of nitrogens with two attached hydrogens (primary N) is 1. The largest absolute Gasteiger partial charge is 1.00 e. The van der Waals surface area contributed by atoms with Gasteiger partial charge in [0.1, 0.15) is 5.03 Å². The van der Waals surface area contributed by atoms with Crippen LogP contribution in [0.1, 0.15) is 33.6 Å². The van der Waals surface area contributed by atoms with Gasteiger partial charge in [0, 0.05) is 5.38 Å². The Kier molecular flexibility index (Phi) is 8.93. The second-order valence-electron chi connectivity index (χ2n) is 3.22. The number of quaternary nitrogens is 1. The average Bonchev–Trinajstić information content (AvgIpc) is 2.71. The molecule has 0 bridgehead atoms. The Balaban J connectivity index is 0.00000225. The number of nitrogens with zero attached hydrogens (tertiary/aromatic N) is 2. The van der Waals surface area contributed by atoms with Gasteiger partial charge in [0.05, 0.1) is 5.71 Å². The van der Waals surface area contributed by atoms with Gasteiger partial charge in [0.25, 0.3) is 0 Å². The summed E-state index contributed by atoms with van der Waals surface area (Å²) in [5.74, 6) is 1.14. The molecule has 0 spiro atoms. The van der Waals surface area contributed by atoms with Crippen molar-refractivity contribution in [2.24, 2.45) is 5.10 Å². The lowest BCUT2D eigenvalue weighted by Gasteiger charge is -1.91. The van der Waals surface area contributed by atoms with Crippen molar-refractivity contribution in [1.82, 2.24) is 4.98 Å². The normalized spacial score (nSPS) is 11.3. The summed E-state index contributed by atoms with van der Waals surface area (Å²) in [4.78, 5) is 4.47. The molecule has 2 N–H and O–H groups in total. The summed E-state index contributed by atoms with van der Waals surface area (Å²) in [6.07, 6.45) is 2.19. The van der Waals surface area contributed by atoms with Crippen molar-refractivity contribution < 1.29 is 17.8 Å². The standard InChI is InChI=1S/C10H17N3S2.ClH/c1-4-6-14-9-7-15-10(11-9)13-12-8(3)5-2;/h7H,4-6H2,1-3H3,(H,11,13);1H/b12-8+;. The van der Waals surface area contributed by atoms with Gasteiger partial charge in [-0.2, -0.15) is 10.4 Å². The maximum atomic E-state index is 4.47. The van der Waals surface area contributed by atoms with Gasteiger partial charge in [-0.05, 0) is 25.5 Å². The third-order valence-corrected chi connectivity index (χ3v) is 3.91. The van der Waals surface area contributed by atoms with Gasteiger partial charge < -0.3 is 12.4 Å². The van der Waals surface area contributed by atoms with E-state index in [0.717, 1.165) is 28.0 Å². The quantitative estimate of drug-likeness (QED) is 0.334. The van der Waals surface area contributed by atoms with Crippen molar-refractivity contribution in [3.8, 4) is 0 Å². The third-order valence-electron chi connectivity index (χ3n) is 1.86. The molecular weight excluding hydrogens is 262 g/mol. The number of thioether (sulfide) groups is 1. The van der Waals surface area contributed by atoms with E-state index >= 15 is 0 Å². The summed E-state index contributed by atoms with van der Waals surface area (Å²) in [5, 5.41) is 8.56. The monoisotopic (exact) mass is 279 g/mol. The average molecular weight is 280 g/mol. The van der Waals surface area contributed by atoms with Crippen LogP contribution in [0.15, 0.2) is 15.5 Å². The molecular formula is C10H18ClN3S2. The maximum Gasteiger partial charge on any atom is 0.310 e. The second-order valence-corrected chi connectivity index (χ2v) is 5.22. The topological polar surface area (TPSA) is 41.9 Å². The lowest BCUT2D eigenvalue weighted by atomic mass is 10.3. The van der Waals surface area contributed by atoms with Gasteiger partial charge in [-0.3, -0.25) is 0 Å². The van der Waals surface area contributed by atoms with Crippen LogP contribution in [0.3, 0.4) is 0 Å². The number of halogens is 1. The SMILES string of the molecule is CCCSc1csc([NH2+]/N=C(\C)CC)n1.[Cl-]. The van der Waals surface area contributed by atoms with Crippen LogP contribution in [-0.2, 0) is 0 Å². The Hall–Kier alpha value is -0.100. The fourth-order valence-corrected chi connectivity index (χ4v) is 2.45. The van der Waals surface area contributed by atoms with Crippen molar-refractivity contribution >= 4 is 33.9 Å². The van der Waals surface area contributed by atoms with E-state index in [0.29, 0.717) is 0 Å². The predicted molar refractivity (Wildman–Crippen MR) is 68.1 cm³/mol. The number of hydrogen-bond acceptors (Lipinski definition) is 4. The highest BCUT2D eigenvalue weighted by atomic mass is 35.5. The number of thiazole rings is 1. The Labute approximate surface area is 112 Å². The van der Waals surface area contributed by atoms with E-state index in [1.165, 1.54) is 6.42 Å². The van der Waals surface area contributed by atoms with Crippen molar-refractivity contribution in [2.45, 2.75) is 38.6 Å². The van der Waals surface area contributed by atoms with Crippen LogP contribution in [-0.4, -0.2) is 16.4 Å². The molecule has 1 aromatic heterocycles. The zero-order valence-corrected chi connectivity index (χ0v) is 12.3. The lowest BCUT2D eigenvalue weighted by molar-refractivity contribution is -0.577. The minimum Gasteiger partial charge on any atom is -1.00 e. The fourth-order valence-electron chi connectivity index (χ4n) is 0.861. The van der Waals surface area contributed by atoms with Crippen LogP contribution in [0.25, 0.3) is 0 Å². The molecule has 0 aliphatic rings. The fraction of sp³-hybridized carbons (Fsp3) is 0.600. The summed E-state index contributed by atoms with van der Waals surface area (Å²) in [5.41, 5.74) is 3.01. The first-order valence-corrected chi connectivity index (χ1v) is 7.07. The molecule has 92 valence electrons. The van der Waals surface area contributed by atoms with Crippen LogP contribution in [0, 0.1) is 0 Å². The van der Waals surface area contributed by atoms with Gasteiger partial charge >= 0.3 is 5.13 Å². The lowest BCUT2D eigenvalue weighted by Crippen LogP contribution is -3.00. The highest BCUT2D eigenvalue weighted by Gasteiger charge is 2.04. The minimum absolute atomic E-state index is 0. The van der Waals surface area contributed by atoms with Crippen molar-refractivity contribution in [3.05, 3.63) is 5.38 Å². The molecule has 16 heavy (non-hydrogen) atoms. The first-order chi connectivity index (χ1) is 7.26. The van der Waals surface area contributed by atoms with E-state index in [1.54, 1.807) is 11.3 Å². The molecule has 1 heterocycles. The zero-order chi connectivity index (χ0) is 11.1. The van der Waals surface area contributed by atoms with Crippen molar-refractivity contribution in [2.75, 3.05) is 5.75 Å². The molecule has 0 aliphatic heterocycles. The van der Waals surface area contributed by atoms with Gasteiger partial charge in [-0.1, -0.05) is 30.3 Å². The van der Waals surface area contributed by atoms with Gasteiger partial charge in [-0.25, -0.2) is 0 Å². The minimum atomic E-state index is 0. The van der Waals surface area contributed by atoms with E-state index in [1.807, 2.05) is 24.1 Å². The molecule has 6 heteroatoms. The number of aromatic nitrogens is 1. The molecule has 1 aromatic rings. The van der Waals surface area contributed by atoms with E-state index in [9.17, 15) is 0 Å². The van der Waals surface area contributed by atoms with E-state index in [-0.39, 0.29) is 12.4 Å². The summed E-state index contributed by atoms with van der Waals surface area (Å²) < 4.78 is 0. The Bertz CT molecular complexity index is 326. The van der Waals surface area contributed by atoms with E-state index < -0.39 is 0 Å². The maximum absolute atomic E-state index is 4.47. The Morgan fingerprint density at radius 2 is 2.31 bits per heavy atom. The van der Waals surface area contributed by atoms with Crippen LogP contribution >= 0.6 is 23.1 Å². The molecule has 0 aliphatic carbocycles. The van der Waals surface area contributed by atoms with Gasteiger partial charge in [0.15, 0.2) is 0 Å². The first kappa shape index (κ1) is 15.9. The molecule has 0 saturated heterocycles. The van der Waals surface area contributed by atoms with E-state index in [4.69, 9.17) is 0 Å². The summed E-state index contributed by atoms with van der Waals surface area (Å²) in [7, 11) is 0. The van der Waals surface area contributed by atoms with Crippen LogP contribution in [0.5, 0.6) is 0 Å². The van der Waals surface area contributed by atoms with Crippen molar-refractivity contribution in [1.29, 1.82) is 0 Å². The summed E-state index contributed by atoms with van der Waals surface area (Å²) >= 11 is 3.47.